The summed E-state index contributed by atoms with van der Waals surface area (Å²) in [4.78, 5) is 24.1. The smallest absolute Gasteiger partial charge is 0.413 e. The molecule has 1 amide bonds. The molecule has 20 heavy (non-hydrogen) atoms. The van der Waals surface area contributed by atoms with Gasteiger partial charge >= 0.3 is 12.1 Å². The average Bonchev–Trinajstić information content (AvgIpc) is 2.64. The Morgan fingerprint density at radius 2 is 2.15 bits per heavy atom. The maximum Gasteiger partial charge on any atom is 0.413 e. The van der Waals surface area contributed by atoms with Gasteiger partial charge in [-0.25, -0.2) is 4.79 Å². The van der Waals surface area contributed by atoms with Crippen LogP contribution in [-0.2, 0) is 9.53 Å². The average molecular weight is 279 g/mol. The molecule has 0 atom stereocenters. The van der Waals surface area contributed by atoms with Gasteiger partial charge in [0.2, 0.25) is 0 Å². The predicted octanol–water partition coefficient (Wildman–Crippen LogP) is 3.10. The fourth-order valence-corrected chi connectivity index (χ4v) is 1.93. The number of allylic oxidation sites excluding steroid dienone is 4. The van der Waals surface area contributed by atoms with E-state index < -0.39 is 5.97 Å². The molecule has 0 spiro atoms. The molecule has 0 saturated carbocycles. The molecule has 0 fully saturated rings. The molecule has 0 aromatic rings. The molecular weight excluding hydrogens is 258 g/mol. The van der Waals surface area contributed by atoms with Gasteiger partial charge in [0, 0.05) is 18.7 Å². The van der Waals surface area contributed by atoms with E-state index in [2.05, 4.69) is 6.92 Å². The molecule has 0 bridgehead atoms. The molecule has 110 valence electrons. The standard InChI is InChI=1S/C15H21NO4/c1-3-4-10-16(15(19)20-2)13-7-5-6-12(8-9-13)11-14(17)18/h5-6,8-9H,3-4,7,10-11H2,1-2H3,(H,17,18). The summed E-state index contributed by atoms with van der Waals surface area (Å²) < 4.78 is 4.80. The Kier molecular flexibility index (Phi) is 6.56. The Hall–Kier alpha value is -2.04. The summed E-state index contributed by atoms with van der Waals surface area (Å²) in [5.41, 5.74) is 1.54. The van der Waals surface area contributed by atoms with Gasteiger partial charge in [-0.1, -0.05) is 31.6 Å². The van der Waals surface area contributed by atoms with Gasteiger partial charge in [0.05, 0.1) is 13.5 Å². The molecule has 1 N–H and O–H groups in total. The highest BCUT2D eigenvalue weighted by molar-refractivity contribution is 5.72. The van der Waals surface area contributed by atoms with Crippen molar-refractivity contribution in [1.82, 2.24) is 4.90 Å². The maximum atomic E-state index is 11.8. The number of amides is 1. The Labute approximate surface area is 119 Å². The van der Waals surface area contributed by atoms with E-state index in [0.29, 0.717) is 18.5 Å². The monoisotopic (exact) mass is 279 g/mol. The van der Waals surface area contributed by atoms with Crippen molar-refractivity contribution < 1.29 is 19.4 Å². The van der Waals surface area contributed by atoms with Crippen molar-refractivity contribution in [1.29, 1.82) is 0 Å². The van der Waals surface area contributed by atoms with Crippen LogP contribution >= 0.6 is 0 Å². The molecule has 1 aliphatic carbocycles. The molecule has 0 aliphatic heterocycles. The van der Waals surface area contributed by atoms with E-state index >= 15 is 0 Å². The minimum atomic E-state index is -0.867. The van der Waals surface area contributed by atoms with Crippen LogP contribution in [0.2, 0.25) is 0 Å². The summed E-state index contributed by atoms with van der Waals surface area (Å²) >= 11 is 0. The molecule has 5 nitrogen and oxygen atoms in total. The number of carboxylic acid groups (broad SMARTS) is 1. The number of ether oxygens (including phenoxy) is 1. The first-order valence-electron chi connectivity index (χ1n) is 6.72. The molecule has 0 heterocycles. The van der Waals surface area contributed by atoms with Gasteiger partial charge in [-0.2, -0.15) is 0 Å². The normalized spacial score (nSPS) is 14.1. The lowest BCUT2D eigenvalue weighted by atomic mass is 10.2. The van der Waals surface area contributed by atoms with E-state index in [1.165, 1.54) is 7.11 Å². The van der Waals surface area contributed by atoms with Crippen LogP contribution in [0, 0.1) is 0 Å². The summed E-state index contributed by atoms with van der Waals surface area (Å²) in [6, 6.07) is 0. The Morgan fingerprint density at radius 3 is 2.75 bits per heavy atom. The summed E-state index contributed by atoms with van der Waals surface area (Å²) in [5, 5.41) is 8.80. The SMILES string of the molecule is CCCCN(C(=O)OC)C1=CC=C(CC(=O)O)C=CC1. The van der Waals surface area contributed by atoms with Crippen molar-refractivity contribution in [3.8, 4) is 0 Å². The lowest BCUT2D eigenvalue weighted by molar-refractivity contribution is -0.136. The van der Waals surface area contributed by atoms with Crippen molar-refractivity contribution in [2.24, 2.45) is 0 Å². The van der Waals surface area contributed by atoms with E-state index in [0.717, 1.165) is 18.5 Å². The number of carboxylic acids is 1. The van der Waals surface area contributed by atoms with Gasteiger partial charge in [-0.05, 0) is 18.1 Å². The Morgan fingerprint density at radius 1 is 1.40 bits per heavy atom. The summed E-state index contributed by atoms with van der Waals surface area (Å²) in [7, 11) is 1.36. The molecule has 1 rings (SSSR count). The van der Waals surface area contributed by atoms with Crippen LogP contribution < -0.4 is 0 Å². The first kappa shape index (κ1) is 16.0. The molecule has 0 saturated heterocycles. The third-order valence-corrected chi connectivity index (χ3v) is 2.98. The molecule has 5 heteroatoms. The zero-order chi connectivity index (χ0) is 15.0. The number of rotatable bonds is 6. The van der Waals surface area contributed by atoms with Crippen LogP contribution in [0.25, 0.3) is 0 Å². The fraction of sp³-hybridized carbons (Fsp3) is 0.467. The number of nitrogens with zero attached hydrogens (tertiary/aromatic N) is 1. The highest BCUT2D eigenvalue weighted by Gasteiger charge is 2.17. The van der Waals surface area contributed by atoms with Crippen LogP contribution in [0.5, 0.6) is 0 Å². The Balaban J connectivity index is 2.88. The second kappa shape index (κ2) is 8.19. The molecule has 1 aliphatic rings. The maximum absolute atomic E-state index is 11.8. The molecule has 0 unspecified atom stereocenters. The third-order valence-electron chi connectivity index (χ3n) is 2.98. The highest BCUT2D eigenvalue weighted by Crippen LogP contribution is 2.18. The summed E-state index contributed by atoms with van der Waals surface area (Å²) in [5.74, 6) is -0.867. The molecule has 0 radical (unpaired) electrons. The van der Waals surface area contributed by atoms with E-state index in [-0.39, 0.29) is 12.5 Å². The molecule has 0 aromatic heterocycles. The molecular formula is C15H21NO4. The Bertz CT molecular complexity index is 449. The first-order valence-corrected chi connectivity index (χ1v) is 6.72. The minimum Gasteiger partial charge on any atom is -0.481 e. The first-order chi connectivity index (χ1) is 9.58. The predicted molar refractivity (Wildman–Crippen MR) is 76.2 cm³/mol. The number of aliphatic carboxylic acids is 1. The van der Waals surface area contributed by atoms with E-state index in [1.807, 2.05) is 6.08 Å². The largest absolute Gasteiger partial charge is 0.481 e. The zero-order valence-electron chi connectivity index (χ0n) is 12.0. The lowest BCUT2D eigenvalue weighted by Gasteiger charge is -2.23. The van der Waals surface area contributed by atoms with E-state index in [4.69, 9.17) is 9.84 Å². The minimum absolute atomic E-state index is 0.0204. The van der Waals surface area contributed by atoms with Crippen LogP contribution in [-0.4, -0.2) is 35.7 Å². The van der Waals surface area contributed by atoms with Crippen molar-refractivity contribution in [2.75, 3.05) is 13.7 Å². The second-order valence-corrected chi connectivity index (χ2v) is 4.55. The van der Waals surface area contributed by atoms with Crippen molar-refractivity contribution in [2.45, 2.75) is 32.6 Å². The number of carbonyl (C=O) groups is 2. The van der Waals surface area contributed by atoms with Gasteiger partial charge in [0.15, 0.2) is 0 Å². The van der Waals surface area contributed by atoms with Crippen molar-refractivity contribution in [3.63, 3.8) is 0 Å². The number of carbonyl (C=O) groups excluding carboxylic acids is 1. The van der Waals surface area contributed by atoms with Gasteiger partial charge < -0.3 is 9.84 Å². The molecule has 0 aromatic carbocycles. The van der Waals surface area contributed by atoms with E-state index in [1.54, 1.807) is 23.1 Å². The quantitative estimate of drug-likeness (QED) is 0.811. The lowest BCUT2D eigenvalue weighted by Crippen LogP contribution is -2.31. The van der Waals surface area contributed by atoms with Crippen LogP contribution in [0.3, 0.4) is 0 Å². The van der Waals surface area contributed by atoms with Crippen LogP contribution in [0.15, 0.2) is 35.6 Å². The van der Waals surface area contributed by atoms with Gasteiger partial charge in [0.25, 0.3) is 0 Å². The van der Waals surface area contributed by atoms with Crippen LogP contribution in [0.1, 0.15) is 32.6 Å². The van der Waals surface area contributed by atoms with Crippen molar-refractivity contribution in [3.05, 3.63) is 35.6 Å². The zero-order valence-corrected chi connectivity index (χ0v) is 12.0. The summed E-state index contributed by atoms with van der Waals surface area (Å²) in [6.45, 7) is 2.66. The van der Waals surface area contributed by atoms with Crippen LogP contribution in [0.4, 0.5) is 4.79 Å². The summed E-state index contributed by atoms with van der Waals surface area (Å²) in [6.07, 6.45) is 9.25. The van der Waals surface area contributed by atoms with Gasteiger partial charge in [-0.3, -0.25) is 9.69 Å². The number of hydrogen-bond donors (Lipinski definition) is 1. The van der Waals surface area contributed by atoms with Gasteiger partial charge in [-0.15, -0.1) is 0 Å². The topological polar surface area (TPSA) is 66.8 Å². The third kappa shape index (κ3) is 4.91. The van der Waals surface area contributed by atoms with E-state index in [9.17, 15) is 9.59 Å². The fourth-order valence-electron chi connectivity index (χ4n) is 1.93. The van der Waals surface area contributed by atoms with Gasteiger partial charge in [0.1, 0.15) is 0 Å². The number of methoxy groups -OCH3 is 1. The number of hydrogen-bond acceptors (Lipinski definition) is 3. The highest BCUT2D eigenvalue weighted by atomic mass is 16.5. The number of unbranched alkanes of at least 4 members (excludes halogenated alkanes) is 1. The second-order valence-electron chi connectivity index (χ2n) is 4.55. The van der Waals surface area contributed by atoms with Crippen molar-refractivity contribution >= 4 is 12.1 Å².